The van der Waals surface area contributed by atoms with Gasteiger partial charge < -0.3 is 25.0 Å². The molecule has 0 atom stereocenters. The second kappa shape index (κ2) is 7.75. The van der Waals surface area contributed by atoms with Gasteiger partial charge in [0.15, 0.2) is 17.0 Å². The quantitative estimate of drug-likeness (QED) is 0.826. The van der Waals surface area contributed by atoms with Crippen LogP contribution in [0, 0.1) is 0 Å². The van der Waals surface area contributed by atoms with Gasteiger partial charge in [0.05, 0.1) is 6.33 Å². The smallest absolute Gasteiger partial charge is 0.224 e. The molecule has 2 aliphatic heterocycles. The van der Waals surface area contributed by atoms with Crippen molar-refractivity contribution in [2.45, 2.75) is 32.7 Å². The van der Waals surface area contributed by atoms with E-state index in [0.717, 1.165) is 69.2 Å². The summed E-state index contributed by atoms with van der Waals surface area (Å²) in [6.45, 7) is 11.9. The summed E-state index contributed by atoms with van der Waals surface area (Å²) < 4.78 is 2.13. The molecule has 0 aromatic carbocycles. The second-order valence-corrected chi connectivity index (χ2v) is 7.34. The second-order valence-electron chi connectivity index (χ2n) is 7.34. The number of nitrogens with zero attached hydrogens (tertiary/aromatic N) is 7. The first-order valence-electron chi connectivity index (χ1n) is 9.92. The topological polar surface area (TPSA) is 79.3 Å². The molecular formula is C18H30N8. The van der Waals surface area contributed by atoms with Crippen molar-refractivity contribution in [3.05, 3.63) is 6.33 Å². The molecule has 2 saturated heterocycles. The number of likely N-dealkylation sites (tertiary alicyclic amines) is 1. The van der Waals surface area contributed by atoms with Crippen LogP contribution >= 0.6 is 0 Å². The van der Waals surface area contributed by atoms with E-state index in [2.05, 4.69) is 41.1 Å². The number of nitrogens with two attached hydrogens (primary N) is 1. The van der Waals surface area contributed by atoms with Gasteiger partial charge in [-0.25, -0.2) is 4.98 Å². The summed E-state index contributed by atoms with van der Waals surface area (Å²) in [5.74, 6) is 1.23. The molecule has 4 heterocycles. The lowest BCUT2D eigenvalue weighted by atomic mass is 10.3. The number of imidazole rings is 1. The first kappa shape index (κ1) is 17.5. The van der Waals surface area contributed by atoms with Crippen molar-refractivity contribution in [2.24, 2.45) is 0 Å². The van der Waals surface area contributed by atoms with Crippen molar-refractivity contribution >= 4 is 22.9 Å². The minimum Gasteiger partial charge on any atom is -0.368 e. The summed E-state index contributed by atoms with van der Waals surface area (Å²) in [7, 11) is 0. The van der Waals surface area contributed by atoms with E-state index in [1.165, 1.54) is 25.9 Å². The van der Waals surface area contributed by atoms with E-state index in [9.17, 15) is 0 Å². The number of likely N-dealkylation sites (N-methyl/N-ethyl adjacent to an activating group) is 1. The monoisotopic (exact) mass is 358 g/mol. The van der Waals surface area contributed by atoms with E-state index in [1.807, 2.05) is 6.33 Å². The molecule has 0 aliphatic carbocycles. The van der Waals surface area contributed by atoms with Crippen molar-refractivity contribution in [1.82, 2.24) is 29.3 Å². The molecule has 142 valence electrons. The Balaban J connectivity index is 1.49. The Kier molecular flexibility index (Phi) is 5.21. The molecule has 8 heteroatoms. The van der Waals surface area contributed by atoms with E-state index < -0.39 is 0 Å². The van der Waals surface area contributed by atoms with Gasteiger partial charge in [-0.2, -0.15) is 9.97 Å². The van der Waals surface area contributed by atoms with Crippen LogP contribution in [0.5, 0.6) is 0 Å². The lowest BCUT2D eigenvalue weighted by Gasteiger charge is -2.34. The average molecular weight is 358 g/mol. The van der Waals surface area contributed by atoms with Crippen LogP contribution < -0.4 is 10.6 Å². The van der Waals surface area contributed by atoms with Gasteiger partial charge in [0.2, 0.25) is 5.95 Å². The first-order valence-corrected chi connectivity index (χ1v) is 9.92. The number of hydrogen-bond acceptors (Lipinski definition) is 7. The zero-order valence-corrected chi connectivity index (χ0v) is 15.8. The van der Waals surface area contributed by atoms with Crippen molar-refractivity contribution in [3.63, 3.8) is 0 Å². The first-order chi connectivity index (χ1) is 12.7. The summed E-state index contributed by atoms with van der Waals surface area (Å²) in [5, 5.41) is 0. The Bertz CT molecular complexity index is 728. The summed E-state index contributed by atoms with van der Waals surface area (Å²) in [6, 6.07) is 0. The molecule has 2 aromatic heterocycles. The Morgan fingerprint density at radius 2 is 1.73 bits per heavy atom. The fourth-order valence-electron chi connectivity index (χ4n) is 4.08. The Hall–Kier alpha value is -1.93. The number of hydrogen-bond donors (Lipinski definition) is 1. The Labute approximate surface area is 155 Å². The van der Waals surface area contributed by atoms with Gasteiger partial charge in [-0.05, 0) is 45.4 Å². The largest absolute Gasteiger partial charge is 0.368 e. The molecule has 2 aliphatic rings. The minimum absolute atomic E-state index is 0.340. The molecule has 26 heavy (non-hydrogen) atoms. The third-order valence-electron chi connectivity index (χ3n) is 5.65. The third kappa shape index (κ3) is 3.61. The number of aryl methyl sites for hydroxylation is 1. The lowest BCUT2D eigenvalue weighted by molar-refractivity contribution is 0.271. The van der Waals surface area contributed by atoms with Gasteiger partial charge in [0.1, 0.15) is 0 Å². The number of anilines is 2. The number of nitrogen functional groups attached to an aromatic ring is 1. The molecule has 0 amide bonds. The van der Waals surface area contributed by atoms with E-state index in [0.29, 0.717) is 5.95 Å². The minimum atomic E-state index is 0.340. The number of piperazine rings is 1. The highest BCUT2D eigenvalue weighted by atomic mass is 15.3. The number of rotatable bonds is 6. The fraction of sp³-hybridized carbons (Fsp3) is 0.722. The van der Waals surface area contributed by atoms with Gasteiger partial charge in [0.25, 0.3) is 0 Å². The zero-order valence-electron chi connectivity index (χ0n) is 15.8. The van der Waals surface area contributed by atoms with Crippen LogP contribution in [-0.4, -0.2) is 81.7 Å². The molecule has 0 bridgehead atoms. The van der Waals surface area contributed by atoms with Gasteiger partial charge in [0, 0.05) is 32.7 Å². The van der Waals surface area contributed by atoms with Crippen LogP contribution in [0.25, 0.3) is 11.2 Å². The summed E-state index contributed by atoms with van der Waals surface area (Å²) in [5.41, 5.74) is 7.78. The molecule has 0 spiro atoms. The summed E-state index contributed by atoms with van der Waals surface area (Å²) >= 11 is 0. The molecule has 2 fully saturated rings. The molecule has 0 unspecified atom stereocenters. The van der Waals surface area contributed by atoms with Gasteiger partial charge in [-0.15, -0.1) is 0 Å². The van der Waals surface area contributed by atoms with Crippen LogP contribution in [-0.2, 0) is 6.54 Å². The highest BCUT2D eigenvalue weighted by molar-refractivity contribution is 5.84. The molecule has 8 nitrogen and oxygen atoms in total. The van der Waals surface area contributed by atoms with Gasteiger partial charge >= 0.3 is 0 Å². The average Bonchev–Trinajstić information content (AvgIpc) is 3.32. The van der Waals surface area contributed by atoms with Crippen LogP contribution in [0.2, 0.25) is 0 Å². The zero-order chi connectivity index (χ0) is 17.9. The third-order valence-corrected chi connectivity index (χ3v) is 5.65. The highest BCUT2D eigenvalue weighted by Gasteiger charge is 2.22. The van der Waals surface area contributed by atoms with Crippen LogP contribution in [0.15, 0.2) is 6.33 Å². The standard InChI is InChI=1S/C18H30N8/c1-2-23-10-12-25(13-11-23)16-15-17(22-18(19)21-16)26(14-20-15)9-5-8-24-6-3-4-7-24/h14H,2-13H2,1H3,(H2,19,21,22). The predicted molar refractivity (Wildman–Crippen MR) is 104 cm³/mol. The number of fused-ring (bicyclic) bond motifs is 1. The van der Waals surface area contributed by atoms with Crippen LogP contribution in [0.3, 0.4) is 0 Å². The van der Waals surface area contributed by atoms with E-state index in [4.69, 9.17) is 5.73 Å². The normalized spacial score (nSPS) is 19.7. The van der Waals surface area contributed by atoms with Crippen LogP contribution in [0.1, 0.15) is 26.2 Å². The summed E-state index contributed by atoms with van der Waals surface area (Å²) in [6.07, 6.45) is 5.69. The maximum absolute atomic E-state index is 6.03. The maximum Gasteiger partial charge on any atom is 0.224 e. The van der Waals surface area contributed by atoms with Gasteiger partial charge in [-0.1, -0.05) is 6.92 Å². The van der Waals surface area contributed by atoms with Crippen molar-refractivity contribution < 1.29 is 0 Å². The SMILES string of the molecule is CCN1CCN(c2nc(N)nc3c2ncn3CCCN2CCCC2)CC1. The predicted octanol–water partition coefficient (Wildman–Crippen LogP) is 1.04. The van der Waals surface area contributed by atoms with Crippen molar-refractivity contribution in [3.8, 4) is 0 Å². The number of aromatic nitrogens is 4. The van der Waals surface area contributed by atoms with Gasteiger partial charge in [-0.3, -0.25) is 0 Å². The Morgan fingerprint density at radius 1 is 0.962 bits per heavy atom. The molecule has 2 N–H and O–H groups in total. The van der Waals surface area contributed by atoms with E-state index in [-0.39, 0.29) is 0 Å². The fourth-order valence-corrected chi connectivity index (χ4v) is 4.08. The van der Waals surface area contributed by atoms with Crippen molar-refractivity contribution in [2.75, 3.05) is 63.0 Å². The molecule has 0 radical (unpaired) electrons. The molecule has 2 aromatic rings. The molecule has 4 rings (SSSR count). The molecule has 0 saturated carbocycles. The van der Waals surface area contributed by atoms with E-state index >= 15 is 0 Å². The lowest BCUT2D eigenvalue weighted by Crippen LogP contribution is -2.46. The van der Waals surface area contributed by atoms with Crippen LogP contribution in [0.4, 0.5) is 11.8 Å². The van der Waals surface area contributed by atoms with E-state index in [1.54, 1.807) is 0 Å². The molecular weight excluding hydrogens is 328 g/mol. The highest BCUT2D eigenvalue weighted by Crippen LogP contribution is 2.24. The maximum atomic E-state index is 6.03. The van der Waals surface area contributed by atoms with Crippen molar-refractivity contribution in [1.29, 1.82) is 0 Å². The summed E-state index contributed by atoms with van der Waals surface area (Å²) in [4.78, 5) is 20.9. The Morgan fingerprint density at radius 3 is 2.46 bits per heavy atom.